The first-order valence-electron chi connectivity index (χ1n) is 4.91. The fourth-order valence-electron chi connectivity index (χ4n) is 1.19. The van der Waals surface area contributed by atoms with Gasteiger partial charge < -0.3 is 5.32 Å². The summed E-state index contributed by atoms with van der Waals surface area (Å²) in [6, 6.07) is 2.62. The van der Waals surface area contributed by atoms with E-state index < -0.39 is 17.2 Å². The lowest BCUT2D eigenvalue weighted by atomic mass is 10.2. The van der Waals surface area contributed by atoms with Crippen LogP contribution in [0.25, 0.3) is 0 Å². The van der Waals surface area contributed by atoms with Gasteiger partial charge in [0.25, 0.3) is 0 Å². The molecule has 0 unspecified atom stereocenters. The Morgan fingerprint density at radius 1 is 1.11 bits per heavy atom. The highest BCUT2D eigenvalue weighted by Gasteiger charge is 2.31. The van der Waals surface area contributed by atoms with Crippen molar-refractivity contribution in [3.05, 3.63) is 28.8 Å². The Balaban J connectivity index is 2.57. The topological polar surface area (TPSA) is 12.0 Å². The monoisotopic (exact) mass is 323 g/mol. The highest BCUT2D eigenvalue weighted by molar-refractivity contribution is 8.00. The van der Waals surface area contributed by atoms with Crippen LogP contribution < -0.4 is 5.32 Å². The van der Waals surface area contributed by atoms with Crippen molar-refractivity contribution in [3.8, 4) is 0 Å². The van der Waals surface area contributed by atoms with E-state index in [1.54, 1.807) is 0 Å². The fourth-order valence-corrected chi connectivity index (χ4v) is 1.87. The van der Waals surface area contributed by atoms with Gasteiger partial charge in [0.2, 0.25) is 0 Å². The lowest BCUT2D eigenvalue weighted by Crippen LogP contribution is -2.10. The second-order valence-corrected chi connectivity index (χ2v) is 4.98. The number of halogens is 7. The van der Waals surface area contributed by atoms with Crippen LogP contribution in [0.5, 0.6) is 0 Å². The zero-order valence-electron chi connectivity index (χ0n) is 9.20. The van der Waals surface area contributed by atoms with Crippen LogP contribution in [0.1, 0.15) is 5.56 Å². The van der Waals surface area contributed by atoms with Gasteiger partial charge in [0, 0.05) is 12.3 Å². The van der Waals surface area contributed by atoms with Gasteiger partial charge in [-0.3, -0.25) is 0 Å². The molecule has 0 aliphatic rings. The van der Waals surface area contributed by atoms with Crippen molar-refractivity contribution in [3.63, 3.8) is 0 Å². The molecule has 0 bridgehead atoms. The van der Waals surface area contributed by atoms with E-state index in [1.807, 2.05) is 0 Å². The van der Waals surface area contributed by atoms with Crippen LogP contribution in [0.2, 0.25) is 5.02 Å². The third-order valence-corrected chi connectivity index (χ3v) is 3.03. The highest BCUT2D eigenvalue weighted by Crippen LogP contribution is 2.34. The molecule has 19 heavy (non-hydrogen) atoms. The maximum atomic E-state index is 12.3. The van der Waals surface area contributed by atoms with Crippen LogP contribution in [0.3, 0.4) is 0 Å². The van der Waals surface area contributed by atoms with Crippen molar-refractivity contribution in [1.82, 2.24) is 0 Å². The van der Waals surface area contributed by atoms with Crippen molar-refractivity contribution in [2.75, 3.05) is 17.6 Å². The summed E-state index contributed by atoms with van der Waals surface area (Å²) in [7, 11) is 0. The van der Waals surface area contributed by atoms with Crippen molar-refractivity contribution < 1.29 is 26.3 Å². The number of alkyl halides is 6. The number of anilines is 1. The molecule has 0 amide bonds. The van der Waals surface area contributed by atoms with E-state index in [-0.39, 0.29) is 34.8 Å². The Kier molecular flexibility index (Phi) is 5.26. The van der Waals surface area contributed by atoms with Crippen LogP contribution in [0.15, 0.2) is 18.2 Å². The van der Waals surface area contributed by atoms with Crippen molar-refractivity contribution in [1.29, 1.82) is 0 Å². The van der Waals surface area contributed by atoms with E-state index in [2.05, 4.69) is 5.32 Å². The maximum absolute atomic E-state index is 12.3. The van der Waals surface area contributed by atoms with Crippen molar-refractivity contribution in [2.45, 2.75) is 11.7 Å². The normalized spacial score (nSPS) is 12.6. The SMILES string of the molecule is FC(F)(F)SCCNc1ccc(C(F)(F)F)cc1Cl. The lowest BCUT2D eigenvalue weighted by molar-refractivity contribution is -0.137. The third kappa shape index (κ3) is 5.82. The van der Waals surface area contributed by atoms with Crippen molar-refractivity contribution in [2.24, 2.45) is 0 Å². The van der Waals surface area contributed by atoms with E-state index in [4.69, 9.17) is 11.6 Å². The van der Waals surface area contributed by atoms with Gasteiger partial charge in [0.05, 0.1) is 16.3 Å². The van der Waals surface area contributed by atoms with E-state index in [0.29, 0.717) is 0 Å². The molecule has 1 nitrogen and oxygen atoms in total. The third-order valence-electron chi connectivity index (χ3n) is 1.98. The molecular weight excluding hydrogens is 316 g/mol. The Morgan fingerprint density at radius 3 is 2.21 bits per heavy atom. The van der Waals surface area contributed by atoms with Gasteiger partial charge in [-0.05, 0) is 30.0 Å². The fraction of sp³-hybridized carbons (Fsp3) is 0.400. The predicted octanol–water partition coefficient (Wildman–Crippen LogP) is 5.02. The zero-order valence-corrected chi connectivity index (χ0v) is 10.8. The first-order valence-corrected chi connectivity index (χ1v) is 6.27. The molecule has 0 spiro atoms. The Labute approximate surface area is 114 Å². The molecule has 1 aromatic rings. The number of hydrogen-bond donors (Lipinski definition) is 1. The van der Waals surface area contributed by atoms with Gasteiger partial charge in [0.15, 0.2) is 0 Å². The molecule has 1 N–H and O–H groups in total. The Hall–Kier alpha value is -0.760. The van der Waals surface area contributed by atoms with E-state index in [9.17, 15) is 26.3 Å². The van der Waals surface area contributed by atoms with Crippen LogP contribution in [-0.4, -0.2) is 17.8 Å². The lowest BCUT2D eigenvalue weighted by Gasteiger charge is -2.12. The molecule has 0 aliphatic carbocycles. The minimum absolute atomic E-state index is 0.0603. The molecule has 1 rings (SSSR count). The Morgan fingerprint density at radius 2 is 1.74 bits per heavy atom. The molecule has 0 heterocycles. The molecule has 0 saturated carbocycles. The molecule has 0 saturated heterocycles. The van der Waals surface area contributed by atoms with Gasteiger partial charge >= 0.3 is 11.7 Å². The molecule has 0 atom stereocenters. The average molecular weight is 324 g/mol. The molecule has 0 fully saturated rings. The van der Waals surface area contributed by atoms with Crippen LogP contribution in [0.4, 0.5) is 32.0 Å². The van der Waals surface area contributed by atoms with Crippen LogP contribution in [-0.2, 0) is 6.18 Å². The summed E-state index contributed by atoms with van der Waals surface area (Å²) < 4.78 is 72.5. The van der Waals surface area contributed by atoms with Gasteiger partial charge in [-0.1, -0.05) is 11.6 Å². The maximum Gasteiger partial charge on any atom is 0.441 e. The molecule has 9 heteroatoms. The molecular formula is C10H8ClF6NS. The van der Waals surface area contributed by atoms with E-state index in [0.717, 1.165) is 18.2 Å². The number of thioether (sulfide) groups is 1. The largest absolute Gasteiger partial charge is 0.441 e. The number of benzene rings is 1. The first kappa shape index (κ1) is 16.3. The smallest absolute Gasteiger partial charge is 0.383 e. The Bertz CT molecular complexity index is 431. The van der Waals surface area contributed by atoms with E-state index >= 15 is 0 Å². The van der Waals surface area contributed by atoms with Gasteiger partial charge in [0.1, 0.15) is 0 Å². The van der Waals surface area contributed by atoms with E-state index in [1.165, 1.54) is 0 Å². The van der Waals surface area contributed by atoms with Crippen molar-refractivity contribution >= 4 is 29.1 Å². The average Bonchev–Trinajstić information content (AvgIpc) is 2.23. The number of rotatable bonds is 4. The summed E-state index contributed by atoms with van der Waals surface area (Å²) in [6.45, 7) is -0.0603. The van der Waals surface area contributed by atoms with Gasteiger partial charge in [-0.2, -0.15) is 26.3 Å². The van der Waals surface area contributed by atoms with Gasteiger partial charge in [-0.15, -0.1) is 0 Å². The molecule has 1 aromatic carbocycles. The second-order valence-electron chi connectivity index (χ2n) is 3.41. The highest BCUT2D eigenvalue weighted by atomic mass is 35.5. The minimum atomic E-state index is -4.51. The molecule has 0 aromatic heterocycles. The molecule has 0 aliphatic heterocycles. The first-order chi connectivity index (χ1) is 8.59. The summed E-state index contributed by atoms with van der Waals surface area (Å²) in [4.78, 5) is 0. The number of nitrogens with one attached hydrogen (secondary N) is 1. The minimum Gasteiger partial charge on any atom is -0.383 e. The molecule has 108 valence electrons. The van der Waals surface area contributed by atoms with Crippen LogP contribution >= 0.6 is 23.4 Å². The summed E-state index contributed by atoms with van der Waals surface area (Å²) in [5, 5.41) is 2.36. The van der Waals surface area contributed by atoms with Crippen LogP contribution in [0, 0.1) is 0 Å². The summed E-state index contributed by atoms with van der Waals surface area (Å²) in [5.74, 6) is -0.263. The summed E-state index contributed by atoms with van der Waals surface area (Å²) in [6.07, 6.45) is -4.51. The quantitative estimate of drug-likeness (QED) is 0.616. The molecule has 0 radical (unpaired) electrons. The number of hydrogen-bond acceptors (Lipinski definition) is 2. The standard InChI is InChI=1S/C10H8ClF6NS/c11-7-5-6(9(12,13)14)1-2-8(7)18-3-4-19-10(15,16)17/h1-2,5,18H,3-4H2. The zero-order chi connectivity index (χ0) is 14.7. The summed E-state index contributed by atoms with van der Waals surface area (Å²) >= 11 is 5.39. The summed E-state index contributed by atoms with van der Waals surface area (Å²) in [5.41, 5.74) is -5.07. The van der Waals surface area contributed by atoms with Gasteiger partial charge in [-0.25, -0.2) is 0 Å². The predicted molar refractivity (Wildman–Crippen MR) is 63.5 cm³/mol. The second kappa shape index (κ2) is 6.13.